The van der Waals surface area contributed by atoms with Crippen LogP contribution in [0.1, 0.15) is 37.8 Å². The van der Waals surface area contributed by atoms with Crippen LogP contribution < -0.4 is 0 Å². The molecular formula is C30H36N2O2. The summed E-state index contributed by atoms with van der Waals surface area (Å²) in [6, 6.07) is 8.24. The number of likely N-dealkylation sites (tertiary alicyclic amines) is 2. The van der Waals surface area contributed by atoms with Crippen molar-refractivity contribution in [2.45, 2.75) is 39.8 Å². The zero-order valence-corrected chi connectivity index (χ0v) is 20.5. The molecule has 0 aromatic heterocycles. The molecule has 2 saturated carbocycles. The molecule has 8 atom stereocenters. The SMILES string of the molecule is C=CC1CC(C)C2C(=O)N(Cc3cccc(CN4C(=C)C5C(C)CC(C=C)C5C4=O)c3)C(=C)C12. The number of fused-ring (bicyclic) bond motifs is 2. The van der Waals surface area contributed by atoms with Gasteiger partial charge in [0, 0.05) is 29.1 Å². The van der Waals surface area contributed by atoms with Crippen LogP contribution in [0.15, 0.2) is 74.1 Å². The second-order valence-corrected chi connectivity index (χ2v) is 11.0. The van der Waals surface area contributed by atoms with Crippen LogP contribution >= 0.6 is 0 Å². The first kappa shape index (κ1) is 22.9. The minimum absolute atomic E-state index is 0.0171. The van der Waals surface area contributed by atoms with Crippen LogP contribution in [0.4, 0.5) is 0 Å². The highest BCUT2D eigenvalue weighted by Gasteiger charge is 2.54. The largest absolute Gasteiger partial charge is 0.312 e. The Morgan fingerprint density at radius 1 is 0.794 bits per heavy atom. The van der Waals surface area contributed by atoms with Gasteiger partial charge in [-0.15, -0.1) is 13.2 Å². The molecule has 2 aliphatic heterocycles. The highest BCUT2D eigenvalue weighted by molar-refractivity contribution is 5.86. The Hall–Kier alpha value is -2.88. The molecule has 0 radical (unpaired) electrons. The Balaban J connectivity index is 1.32. The van der Waals surface area contributed by atoms with Crippen molar-refractivity contribution in [2.24, 2.45) is 47.3 Å². The third-order valence-electron chi connectivity index (χ3n) is 9.05. The summed E-state index contributed by atoms with van der Waals surface area (Å²) in [5, 5.41) is 0. The molecule has 2 aliphatic carbocycles. The van der Waals surface area contributed by atoms with Crippen LogP contribution in [-0.4, -0.2) is 21.6 Å². The van der Waals surface area contributed by atoms with Gasteiger partial charge in [-0.25, -0.2) is 0 Å². The second-order valence-electron chi connectivity index (χ2n) is 11.0. The summed E-state index contributed by atoms with van der Waals surface area (Å²) < 4.78 is 0. The van der Waals surface area contributed by atoms with E-state index < -0.39 is 0 Å². The third-order valence-corrected chi connectivity index (χ3v) is 9.05. The number of hydrogen-bond donors (Lipinski definition) is 0. The predicted octanol–water partition coefficient (Wildman–Crippen LogP) is 5.55. The van der Waals surface area contributed by atoms with Gasteiger partial charge < -0.3 is 9.80 Å². The quantitative estimate of drug-likeness (QED) is 0.527. The van der Waals surface area contributed by atoms with Crippen LogP contribution in [0.25, 0.3) is 0 Å². The standard InChI is InChI=1S/C30H36N2O2/c1-7-23-13-18(4)26-27(23)20(6)32(29(26)33)16-22-11-9-10-21(14-22)15-31-19(5)25-17(3)12-24(8-2)28(25)30(31)34/h7-11,14,17-18,23-28H,1-2,5-6,12-13,15-16H2,3-4H3. The Morgan fingerprint density at radius 2 is 1.26 bits per heavy atom. The van der Waals surface area contributed by atoms with Crippen molar-refractivity contribution in [2.75, 3.05) is 0 Å². The van der Waals surface area contributed by atoms with Crippen molar-refractivity contribution in [3.05, 3.63) is 85.3 Å². The lowest BCUT2D eigenvalue weighted by molar-refractivity contribution is -0.132. The maximum Gasteiger partial charge on any atom is 0.231 e. The van der Waals surface area contributed by atoms with Crippen LogP contribution in [0.2, 0.25) is 0 Å². The van der Waals surface area contributed by atoms with Gasteiger partial charge in [0.25, 0.3) is 0 Å². The lowest BCUT2D eigenvalue weighted by Gasteiger charge is -2.24. The van der Waals surface area contributed by atoms with Crippen LogP contribution in [-0.2, 0) is 22.7 Å². The molecule has 0 N–H and O–H groups in total. The fourth-order valence-corrected chi connectivity index (χ4v) is 7.45. The summed E-state index contributed by atoms with van der Waals surface area (Å²) in [5.74, 6) is 2.09. The van der Waals surface area contributed by atoms with E-state index in [0.29, 0.717) is 30.8 Å². The molecule has 4 aliphatic rings. The zero-order chi connectivity index (χ0) is 24.3. The molecule has 4 nitrogen and oxygen atoms in total. The van der Waals surface area contributed by atoms with Gasteiger partial charge in [0.1, 0.15) is 0 Å². The van der Waals surface area contributed by atoms with Crippen LogP contribution in [0.3, 0.4) is 0 Å². The lowest BCUT2D eigenvalue weighted by Crippen LogP contribution is -2.29. The molecule has 2 heterocycles. The van der Waals surface area contributed by atoms with Gasteiger partial charge in [0.05, 0.1) is 19.0 Å². The second kappa shape index (κ2) is 8.41. The van der Waals surface area contributed by atoms with Crippen molar-refractivity contribution >= 4 is 11.8 Å². The van der Waals surface area contributed by atoms with E-state index in [4.69, 9.17) is 0 Å². The van der Waals surface area contributed by atoms with Crippen molar-refractivity contribution in [1.29, 1.82) is 0 Å². The number of carbonyl (C=O) groups is 2. The predicted molar refractivity (Wildman–Crippen MR) is 135 cm³/mol. The summed E-state index contributed by atoms with van der Waals surface area (Å²) in [4.78, 5) is 30.3. The summed E-state index contributed by atoms with van der Waals surface area (Å²) in [5.41, 5.74) is 3.99. The number of hydrogen-bond acceptors (Lipinski definition) is 2. The normalized spacial score (nSPS) is 36.9. The van der Waals surface area contributed by atoms with E-state index in [1.807, 2.05) is 28.0 Å². The Labute approximate surface area is 203 Å². The molecule has 1 aromatic carbocycles. The smallest absolute Gasteiger partial charge is 0.231 e. The number of benzene rings is 1. The first-order valence-electron chi connectivity index (χ1n) is 12.6. The number of amides is 2. The topological polar surface area (TPSA) is 40.6 Å². The number of nitrogens with zero attached hydrogens (tertiary/aromatic N) is 2. The highest BCUT2D eigenvalue weighted by atomic mass is 16.2. The highest BCUT2D eigenvalue weighted by Crippen LogP contribution is 2.53. The van der Waals surface area contributed by atoms with E-state index in [9.17, 15) is 9.59 Å². The van der Waals surface area contributed by atoms with Crippen molar-refractivity contribution in [3.8, 4) is 0 Å². The van der Waals surface area contributed by atoms with Crippen molar-refractivity contribution < 1.29 is 9.59 Å². The van der Waals surface area contributed by atoms with E-state index in [1.54, 1.807) is 0 Å². The van der Waals surface area contributed by atoms with Gasteiger partial charge in [-0.1, -0.05) is 63.4 Å². The minimum Gasteiger partial charge on any atom is -0.312 e. The minimum atomic E-state index is -0.0204. The number of rotatable bonds is 6. The third kappa shape index (κ3) is 3.33. The van der Waals surface area contributed by atoms with Gasteiger partial charge in [0.15, 0.2) is 0 Å². The first-order chi connectivity index (χ1) is 16.3. The fraction of sp³-hybridized carbons (Fsp3) is 0.467. The Morgan fingerprint density at radius 3 is 1.82 bits per heavy atom. The molecule has 0 bridgehead atoms. The fourth-order valence-electron chi connectivity index (χ4n) is 7.45. The Kier molecular flexibility index (Phi) is 5.66. The van der Waals surface area contributed by atoms with Gasteiger partial charge in [-0.2, -0.15) is 0 Å². The van der Waals surface area contributed by atoms with Gasteiger partial charge >= 0.3 is 0 Å². The first-order valence-corrected chi connectivity index (χ1v) is 12.6. The van der Waals surface area contributed by atoms with Crippen molar-refractivity contribution in [3.63, 3.8) is 0 Å². The summed E-state index contributed by atoms with van der Waals surface area (Å²) in [6.07, 6.45) is 5.96. The van der Waals surface area contributed by atoms with Gasteiger partial charge in [-0.3, -0.25) is 9.59 Å². The molecule has 0 spiro atoms. The van der Waals surface area contributed by atoms with Crippen molar-refractivity contribution in [1.82, 2.24) is 9.80 Å². The number of allylic oxidation sites excluding steroid dienone is 4. The van der Waals surface area contributed by atoms with E-state index in [2.05, 4.69) is 58.4 Å². The molecule has 2 saturated heterocycles. The van der Waals surface area contributed by atoms with E-state index >= 15 is 0 Å². The molecule has 4 heteroatoms. The average Bonchev–Trinajstić information content (AvgIpc) is 3.48. The monoisotopic (exact) mass is 456 g/mol. The van der Waals surface area contributed by atoms with E-state index in [1.165, 1.54) is 0 Å². The van der Waals surface area contributed by atoms with Crippen LogP contribution in [0.5, 0.6) is 0 Å². The van der Waals surface area contributed by atoms with E-state index in [-0.39, 0.29) is 41.4 Å². The average molecular weight is 457 g/mol. The molecule has 1 aromatic rings. The van der Waals surface area contributed by atoms with E-state index in [0.717, 1.165) is 35.4 Å². The molecular weight excluding hydrogens is 420 g/mol. The molecule has 5 rings (SSSR count). The molecule has 34 heavy (non-hydrogen) atoms. The summed E-state index contributed by atoms with van der Waals surface area (Å²) in [7, 11) is 0. The Bertz CT molecular complexity index is 1010. The summed E-state index contributed by atoms with van der Waals surface area (Å²) in [6.45, 7) is 22.0. The lowest BCUT2D eigenvalue weighted by atomic mass is 9.89. The maximum atomic E-state index is 13.3. The molecule has 2 amide bonds. The maximum absolute atomic E-state index is 13.3. The summed E-state index contributed by atoms with van der Waals surface area (Å²) >= 11 is 0. The van der Waals surface area contributed by atoms with Gasteiger partial charge in [0.2, 0.25) is 11.8 Å². The zero-order valence-electron chi connectivity index (χ0n) is 20.5. The number of carbonyl (C=O) groups excluding carboxylic acids is 2. The van der Waals surface area contributed by atoms with Gasteiger partial charge in [-0.05, 0) is 47.6 Å². The molecule has 8 unspecified atom stereocenters. The molecule has 178 valence electrons. The molecule has 4 fully saturated rings. The van der Waals surface area contributed by atoms with Crippen LogP contribution in [0, 0.1) is 47.3 Å².